The van der Waals surface area contributed by atoms with E-state index in [0.717, 1.165) is 17.7 Å². The SMILES string of the molecule is CCCN1C(=O)N(c2ccc(C)cc2)C(C)(O)CC1(C)C. The minimum absolute atomic E-state index is 0.123. The number of rotatable bonds is 3. The zero-order valence-corrected chi connectivity index (χ0v) is 13.7. The van der Waals surface area contributed by atoms with Gasteiger partial charge in [0.1, 0.15) is 5.72 Å². The molecule has 2 rings (SSSR count). The van der Waals surface area contributed by atoms with E-state index in [1.807, 2.05) is 49.9 Å². The first kappa shape index (κ1) is 15.8. The van der Waals surface area contributed by atoms with Gasteiger partial charge in [-0.05, 0) is 46.2 Å². The summed E-state index contributed by atoms with van der Waals surface area (Å²) < 4.78 is 0. The highest BCUT2D eigenvalue weighted by atomic mass is 16.3. The molecule has 0 aromatic heterocycles. The van der Waals surface area contributed by atoms with Crippen molar-refractivity contribution in [2.24, 2.45) is 0 Å². The highest BCUT2D eigenvalue weighted by Gasteiger charge is 2.49. The molecule has 0 radical (unpaired) electrons. The van der Waals surface area contributed by atoms with E-state index in [-0.39, 0.29) is 11.6 Å². The van der Waals surface area contributed by atoms with E-state index < -0.39 is 5.72 Å². The quantitative estimate of drug-likeness (QED) is 0.925. The second kappa shape index (κ2) is 5.34. The fraction of sp³-hybridized carbons (Fsp3) is 0.588. The molecule has 1 aliphatic heterocycles. The lowest BCUT2D eigenvalue weighted by Gasteiger charge is -2.53. The van der Waals surface area contributed by atoms with Gasteiger partial charge in [-0.15, -0.1) is 0 Å². The van der Waals surface area contributed by atoms with Gasteiger partial charge in [-0.1, -0.05) is 24.6 Å². The number of urea groups is 1. The zero-order chi connectivity index (χ0) is 15.8. The number of amides is 2. The van der Waals surface area contributed by atoms with Gasteiger partial charge < -0.3 is 10.0 Å². The number of carbonyl (C=O) groups excluding carboxylic acids is 1. The first-order valence-electron chi connectivity index (χ1n) is 7.60. The van der Waals surface area contributed by atoms with E-state index in [0.29, 0.717) is 13.0 Å². The molecule has 21 heavy (non-hydrogen) atoms. The number of aryl methyl sites for hydroxylation is 1. The van der Waals surface area contributed by atoms with Crippen molar-refractivity contribution in [2.75, 3.05) is 11.4 Å². The summed E-state index contributed by atoms with van der Waals surface area (Å²) in [6.07, 6.45) is 1.42. The topological polar surface area (TPSA) is 43.8 Å². The van der Waals surface area contributed by atoms with Gasteiger partial charge in [-0.25, -0.2) is 4.79 Å². The van der Waals surface area contributed by atoms with Crippen LogP contribution in [0.1, 0.15) is 46.1 Å². The van der Waals surface area contributed by atoms with Gasteiger partial charge in [-0.2, -0.15) is 0 Å². The molecule has 1 aromatic carbocycles. The summed E-state index contributed by atoms with van der Waals surface area (Å²) in [4.78, 5) is 16.3. The minimum Gasteiger partial charge on any atom is -0.371 e. The van der Waals surface area contributed by atoms with Crippen LogP contribution in [0.25, 0.3) is 0 Å². The Balaban J connectivity index is 2.43. The molecule has 1 unspecified atom stereocenters. The van der Waals surface area contributed by atoms with E-state index in [4.69, 9.17) is 0 Å². The van der Waals surface area contributed by atoms with Crippen LogP contribution in [0.3, 0.4) is 0 Å². The number of hydrogen-bond acceptors (Lipinski definition) is 2. The molecule has 1 saturated heterocycles. The van der Waals surface area contributed by atoms with Crippen molar-refractivity contribution in [1.82, 2.24) is 4.90 Å². The second-order valence-electron chi connectivity index (χ2n) is 6.81. The Kier molecular flexibility index (Phi) is 4.02. The molecule has 116 valence electrons. The monoisotopic (exact) mass is 290 g/mol. The molecular weight excluding hydrogens is 264 g/mol. The van der Waals surface area contributed by atoms with Gasteiger partial charge >= 0.3 is 6.03 Å². The molecule has 1 atom stereocenters. The lowest BCUT2D eigenvalue weighted by Crippen LogP contribution is -2.68. The van der Waals surface area contributed by atoms with Crippen LogP contribution in [0, 0.1) is 6.92 Å². The summed E-state index contributed by atoms with van der Waals surface area (Å²) >= 11 is 0. The predicted molar refractivity (Wildman–Crippen MR) is 85.4 cm³/mol. The van der Waals surface area contributed by atoms with Crippen LogP contribution in [0.15, 0.2) is 24.3 Å². The molecule has 4 nitrogen and oxygen atoms in total. The van der Waals surface area contributed by atoms with Crippen LogP contribution >= 0.6 is 0 Å². The van der Waals surface area contributed by atoms with E-state index in [9.17, 15) is 9.90 Å². The molecule has 0 saturated carbocycles. The Hall–Kier alpha value is -1.55. The van der Waals surface area contributed by atoms with Crippen molar-refractivity contribution in [1.29, 1.82) is 0 Å². The highest BCUT2D eigenvalue weighted by molar-refractivity contribution is 5.94. The molecule has 1 fully saturated rings. The molecule has 1 aromatic rings. The van der Waals surface area contributed by atoms with Crippen molar-refractivity contribution < 1.29 is 9.90 Å². The number of carbonyl (C=O) groups is 1. The van der Waals surface area contributed by atoms with Gasteiger partial charge in [0, 0.05) is 24.2 Å². The Labute approximate surface area is 127 Å². The van der Waals surface area contributed by atoms with Gasteiger partial charge in [0.25, 0.3) is 0 Å². The smallest absolute Gasteiger partial charge is 0.327 e. The molecular formula is C17H26N2O2. The van der Waals surface area contributed by atoms with Gasteiger partial charge in [0.2, 0.25) is 0 Å². The van der Waals surface area contributed by atoms with Crippen molar-refractivity contribution in [3.8, 4) is 0 Å². The fourth-order valence-electron chi connectivity index (χ4n) is 3.28. The third kappa shape index (κ3) is 2.91. The molecule has 4 heteroatoms. The summed E-state index contributed by atoms with van der Waals surface area (Å²) in [7, 11) is 0. The number of hydrogen-bond donors (Lipinski definition) is 1. The molecule has 1 N–H and O–H groups in total. The third-order valence-electron chi connectivity index (χ3n) is 4.14. The van der Waals surface area contributed by atoms with Crippen LogP contribution in [0.5, 0.6) is 0 Å². The standard InChI is InChI=1S/C17H26N2O2/c1-6-11-18-15(20)19(14-9-7-13(2)8-10-14)17(5,21)12-16(18,3)4/h7-10,21H,6,11-12H2,1-5H3. The lowest BCUT2D eigenvalue weighted by atomic mass is 9.87. The molecule has 0 spiro atoms. The zero-order valence-electron chi connectivity index (χ0n) is 13.7. The molecule has 1 heterocycles. The van der Waals surface area contributed by atoms with Crippen molar-refractivity contribution in [3.05, 3.63) is 29.8 Å². The van der Waals surface area contributed by atoms with Crippen LogP contribution in [0.2, 0.25) is 0 Å². The second-order valence-corrected chi connectivity index (χ2v) is 6.81. The summed E-state index contributed by atoms with van der Waals surface area (Å²) in [6, 6.07) is 7.58. The molecule has 2 amide bonds. The lowest BCUT2D eigenvalue weighted by molar-refractivity contribution is -0.0252. The van der Waals surface area contributed by atoms with Gasteiger partial charge in [0.05, 0.1) is 0 Å². The number of anilines is 1. The van der Waals surface area contributed by atoms with Crippen LogP contribution < -0.4 is 4.90 Å². The fourth-order valence-corrected chi connectivity index (χ4v) is 3.28. The molecule has 1 aliphatic rings. The Bertz CT molecular complexity index is 520. The van der Waals surface area contributed by atoms with E-state index in [1.165, 1.54) is 4.90 Å². The number of nitrogens with zero attached hydrogens (tertiary/aromatic N) is 2. The van der Waals surface area contributed by atoms with Crippen molar-refractivity contribution in [2.45, 2.75) is 58.7 Å². The highest BCUT2D eigenvalue weighted by Crippen LogP contribution is 2.38. The average Bonchev–Trinajstić information content (AvgIpc) is 2.35. The van der Waals surface area contributed by atoms with E-state index in [2.05, 4.69) is 6.92 Å². The van der Waals surface area contributed by atoms with Crippen LogP contribution in [-0.4, -0.2) is 33.8 Å². The maximum absolute atomic E-state index is 12.9. The van der Waals surface area contributed by atoms with E-state index >= 15 is 0 Å². The first-order valence-corrected chi connectivity index (χ1v) is 7.60. The van der Waals surface area contributed by atoms with Crippen molar-refractivity contribution in [3.63, 3.8) is 0 Å². The predicted octanol–water partition coefficient (Wildman–Crippen LogP) is 3.52. The minimum atomic E-state index is -1.18. The molecule has 0 aliphatic carbocycles. The average molecular weight is 290 g/mol. The summed E-state index contributed by atoms with van der Waals surface area (Å²) in [5.74, 6) is 0. The van der Waals surface area contributed by atoms with Gasteiger partial charge in [0.15, 0.2) is 0 Å². The van der Waals surface area contributed by atoms with Gasteiger partial charge in [-0.3, -0.25) is 4.90 Å². The normalized spacial score (nSPS) is 25.3. The first-order chi connectivity index (χ1) is 9.69. The Morgan fingerprint density at radius 3 is 2.29 bits per heavy atom. The van der Waals surface area contributed by atoms with E-state index in [1.54, 1.807) is 6.92 Å². The summed E-state index contributed by atoms with van der Waals surface area (Å²) in [5.41, 5.74) is 0.346. The maximum Gasteiger partial charge on any atom is 0.327 e. The number of aliphatic hydroxyl groups is 1. The Morgan fingerprint density at radius 1 is 1.19 bits per heavy atom. The van der Waals surface area contributed by atoms with Crippen LogP contribution in [-0.2, 0) is 0 Å². The largest absolute Gasteiger partial charge is 0.371 e. The third-order valence-corrected chi connectivity index (χ3v) is 4.14. The van der Waals surface area contributed by atoms with Crippen molar-refractivity contribution >= 4 is 11.7 Å². The van der Waals surface area contributed by atoms with Crippen LogP contribution in [0.4, 0.5) is 10.5 Å². The summed E-state index contributed by atoms with van der Waals surface area (Å²) in [5, 5.41) is 10.8. The molecule has 0 bridgehead atoms. The summed E-state index contributed by atoms with van der Waals surface area (Å²) in [6.45, 7) is 10.5. The number of benzene rings is 1. The Morgan fingerprint density at radius 2 is 1.76 bits per heavy atom. The maximum atomic E-state index is 12.9.